The minimum atomic E-state index is -3.87. The maximum absolute atomic E-state index is 12.4. The molecule has 0 aliphatic rings. The number of rotatable bonds is 4. The summed E-state index contributed by atoms with van der Waals surface area (Å²) in [6.07, 6.45) is 0. The molecule has 0 amide bonds. The van der Waals surface area contributed by atoms with Gasteiger partial charge in [-0.3, -0.25) is 14.8 Å². The zero-order valence-corrected chi connectivity index (χ0v) is 13.3. The molecule has 0 radical (unpaired) electrons. The molecule has 2 aromatic carbocycles. The van der Waals surface area contributed by atoms with Crippen LogP contribution in [0.1, 0.15) is 16.7 Å². The van der Waals surface area contributed by atoms with Gasteiger partial charge in [0, 0.05) is 17.3 Å². The molecule has 0 heterocycles. The average molecular weight is 320 g/mol. The maximum Gasteiger partial charge on any atom is 0.273 e. The van der Waals surface area contributed by atoms with Crippen molar-refractivity contribution in [2.24, 2.45) is 0 Å². The molecule has 6 nitrogen and oxygen atoms in total. The van der Waals surface area contributed by atoms with E-state index in [0.29, 0.717) is 11.3 Å². The summed E-state index contributed by atoms with van der Waals surface area (Å²) in [5, 5.41) is 10.9. The van der Waals surface area contributed by atoms with Crippen molar-refractivity contribution in [1.82, 2.24) is 0 Å². The quantitative estimate of drug-likeness (QED) is 0.691. The van der Waals surface area contributed by atoms with Crippen LogP contribution in [0.3, 0.4) is 0 Å². The number of nitrogens with zero attached hydrogens (tertiary/aromatic N) is 1. The van der Waals surface area contributed by atoms with Crippen LogP contribution in [-0.4, -0.2) is 13.3 Å². The van der Waals surface area contributed by atoms with E-state index in [0.717, 1.165) is 17.2 Å². The molecule has 0 aliphatic carbocycles. The lowest BCUT2D eigenvalue weighted by molar-refractivity contribution is -0.385. The summed E-state index contributed by atoms with van der Waals surface area (Å²) in [7, 11) is -3.87. The fourth-order valence-electron chi connectivity index (χ4n) is 1.97. The Morgan fingerprint density at radius 3 is 2.18 bits per heavy atom. The van der Waals surface area contributed by atoms with Gasteiger partial charge in [0.15, 0.2) is 0 Å². The van der Waals surface area contributed by atoms with E-state index in [1.54, 1.807) is 19.1 Å². The first-order chi connectivity index (χ1) is 10.2. The highest BCUT2D eigenvalue weighted by Crippen LogP contribution is 2.24. The Hall–Kier alpha value is -2.41. The molecule has 0 bridgehead atoms. The second-order valence-corrected chi connectivity index (χ2v) is 6.79. The van der Waals surface area contributed by atoms with Gasteiger partial charge < -0.3 is 0 Å². The van der Waals surface area contributed by atoms with Crippen LogP contribution >= 0.6 is 0 Å². The fourth-order valence-corrected chi connectivity index (χ4v) is 3.04. The Kier molecular flexibility index (Phi) is 4.18. The van der Waals surface area contributed by atoms with Gasteiger partial charge in [0.05, 0.1) is 9.82 Å². The summed E-state index contributed by atoms with van der Waals surface area (Å²) < 4.78 is 27.1. The molecule has 0 fully saturated rings. The van der Waals surface area contributed by atoms with Gasteiger partial charge >= 0.3 is 0 Å². The second-order valence-electron chi connectivity index (χ2n) is 5.11. The van der Waals surface area contributed by atoms with Gasteiger partial charge in [0.1, 0.15) is 0 Å². The molecule has 1 N–H and O–H groups in total. The van der Waals surface area contributed by atoms with E-state index in [-0.39, 0.29) is 10.6 Å². The van der Waals surface area contributed by atoms with Crippen LogP contribution in [0.25, 0.3) is 0 Å². The van der Waals surface area contributed by atoms with E-state index in [9.17, 15) is 18.5 Å². The summed E-state index contributed by atoms with van der Waals surface area (Å²) in [6, 6.07) is 9.03. The molecule has 0 aromatic heterocycles. The molecule has 2 rings (SSSR count). The van der Waals surface area contributed by atoms with Crippen molar-refractivity contribution >= 4 is 21.4 Å². The molecule has 7 heteroatoms. The van der Waals surface area contributed by atoms with Crippen molar-refractivity contribution in [2.75, 3.05) is 4.72 Å². The SMILES string of the molecule is Cc1ccc(NS(=O)(=O)c2ccc(C)c([N+](=O)[O-])c2)cc1C. The topological polar surface area (TPSA) is 89.3 Å². The van der Waals surface area contributed by atoms with E-state index >= 15 is 0 Å². The van der Waals surface area contributed by atoms with Gasteiger partial charge in [-0.15, -0.1) is 0 Å². The Bertz CT molecular complexity index is 845. The predicted octanol–water partition coefficient (Wildman–Crippen LogP) is 3.32. The number of nitro benzene ring substituents is 1. The molecule has 0 unspecified atom stereocenters. The van der Waals surface area contributed by atoms with Crippen LogP contribution in [0.4, 0.5) is 11.4 Å². The molecule has 0 spiro atoms. The Morgan fingerprint density at radius 2 is 1.59 bits per heavy atom. The van der Waals surface area contributed by atoms with Gasteiger partial charge in [0.2, 0.25) is 0 Å². The highest BCUT2D eigenvalue weighted by Gasteiger charge is 2.20. The molecule has 0 aliphatic heterocycles. The molecule has 0 saturated carbocycles. The summed E-state index contributed by atoms with van der Waals surface area (Å²) in [5.41, 5.74) is 2.62. The molecular weight excluding hydrogens is 304 g/mol. The average Bonchev–Trinajstić information content (AvgIpc) is 2.42. The lowest BCUT2D eigenvalue weighted by atomic mass is 10.1. The lowest BCUT2D eigenvalue weighted by Crippen LogP contribution is -2.13. The van der Waals surface area contributed by atoms with Crippen LogP contribution in [0.2, 0.25) is 0 Å². The number of hydrogen-bond donors (Lipinski definition) is 1. The van der Waals surface area contributed by atoms with E-state index in [1.807, 2.05) is 19.9 Å². The normalized spacial score (nSPS) is 11.2. The minimum Gasteiger partial charge on any atom is -0.280 e. The van der Waals surface area contributed by atoms with Crippen molar-refractivity contribution in [2.45, 2.75) is 25.7 Å². The highest BCUT2D eigenvalue weighted by atomic mass is 32.2. The first kappa shape index (κ1) is 16.0. The zero-order valence-electron chi connectivity index (χ0n) is 12.5. The van der Waals surface area contributed by atoms with Gasteiger partial charge in [-0.1, -0.05) is 12.1 Å². The number of anilines is 1. The predicted molar refractivity (Wildman–Crippen MR) is 84.6 cm³/mol. The van der Waals surface area contributed by atoms with E-state index < -0.39 is 14.9 Å². The van der Waals surface area contributed by atoms with E-state index in [1.165, 1.54) is 12.1 Å². The molecular formula is C15H16N2O4S. The largest absolute Gasteiger partial charge is 0.280 e. The van der Waals surface area contributed by atoms with Crippen LogP contribution < -0.4 is 4.72 Å². The van der Waals surface area contributed by atoms with Gasteiger partial charge in [0.25, 0.3) is 15.7 Å². The lowest BCUT2D eigenvalue weighted by Gasteiger charge is -2.10. The van der Waals surface area contributed by atoms with Crippen molar-refractivity contribution in [3.63, 3.8) is 0 Å². The maximum atomic E-state index is 12.4. The van der Waals surface area contributed by atoms with Crippen LogP contribution in [0, 0.1) is 30.9 Å². The fraction of sp³-hybridized carbons (Fsp3) is 0.200. The molecule has 0 saturated heterocycles. The van der Waals surface area contributed by atoms with Crippen LogP contribution in [0.5, 0.6) is 0 Å². The van der Waals surface area contributed by atoms with E-state index in [2.05, 4.69) is 4.72 Å². The van der Waals surface area contributed by atoms with Gasteiger partial charge in [-0.05, 0) is 50.1 Å². The third-order valence-electron chi connectivity index (χ3n) is 3.45. The Balaban J connectivity index is 2.40. The molecule has 116 valence electrons. The van der Waals surface area contributed by atoms with Crippen molar-refractivity contribution < 1.29 is 13.3 Å². The summed E-state index contributed by atoms with van der Waals surface area (Å²) in [6.45, 7) is 5.37. The molecule has 2 aromatic rings. The number of sulfonamides is 1. The van der Waals surface area contributed by atoms with Crippen molar-refractivity contribution in [3.8, 4) is 0 Å². The van der Waals surface area contributed by atoms with Crippen LogP contribution in [-0.2, 0) is 10.0 Å². The minimum absolute atomic E-state index is 0.136. The summed E-state index contributed by atoms with van der Waals surface area (Å²) in [5.74, 6) is 0. The third kappa shape index (κ3) is 3.25. The highest BCUT2D eigenvalue weighted by molar-refractivity contribution is 7.92. The number of nitro groups is 1. The van der Waals surface area contributed by atoms with Gasteiger partial charge in [-0.25, -0.2) is 8.42 Å². The number of nitrogens with one attached hydrogen (secondary N) is 1. The first-order valence-corrected chi connectivity index (χ1v) is 8.04. The second kappa shape index (κ2) is 5.76. The smallest absolute Gasteiger partial charge is 0.273 e. The Labute approximate surface area is 129 Å². The number of hydrogen-bond acceptors (Lipinski definition) is 4. The number of aryl methyl sites for hydroxylation is 3. The van der Waals surface area contributed by atoms with Crippen molar-refractivity contribution in [3.05, 3.63) is 63.2 Å². The molecule has 0 atom stereocenters. The summed E-state index contributed by atoms with van der Waals surface area (Å²) >= 11 is 0. The third-order valence-corrected chi connectivity index (χ3v) is 4.83. The monoisotopic (exact) mass is 320 g/mol. The van der Waals surface area contributed by atoms with Crippen molar-refractivity contribution in [1.29, 1.82) is 0 Å². The standard InChI is InChI=1S/C15H16N2O4S/c1-10-4-6-13(8-12(10)3)16-22(20,21)14-7-5-11(2)15(9-14)17(18)19/h4-9,16H,1-3H3. The first-order valence-electron chi connectivity index (χ1n) is 6.56. The Morgan fingerprint density at radius 1 is 0.955 bits per heavy atom. The molecule has 22 heavy (non-hydrogen) atoms. The zero-order chi connectivity index (χ0) is 16.5. The van der Waals surface area contributed by atoms with Gasteiger partial charge in [-0.2, -0.15) is 0 Å². The number of benzene rings is 2. The van der Waals surface area contributed by atoms with E-state index in [4.69, 9.17) is 0 Å². The summed E-state index contributed by atoms with van der Waals surface area (Å²) in [4.78, 5) is 10.2. The van der Waals surface area contributed by atoms with Crippen LogP contribution in [0.15, 0.2) is 41.3 Å².